The summed E-state index contributed by atoms with van der Waals surface area (Å²) in [7, 11) is -3.68. The Balaban J connectivity index is 2.14. The van der Waals surface area contributed by atoms with Gasteiger partial charge in [-0.3, -0.25) is 0 Å². The summed E-state index contributed by atoms with van der Waals surface area (Å²) in [6.45, 7) is 7.17. The molecule has 0 aliphatic carbocycles. The number of alkyl halides is 1. The molecule has 0 heterocycles. The van der Waals surface area contributed by atoms with Crippen molar-refractivity contribution in [2.75, 3.05) is 19.1 Å². The van der Waals surface area contributed by atoms with Gasteiger partial charge in [0, 0.05) is 11.8 Å². The highest BCUT2D eigenvalue weighted by atomic mass is 35.5. The average molecular weight is 445 g/mol. The molecule has 28 heavy (non-hydrogen) atoms. The molecule has 154 valence electrons. The summed E-state index contributed by atoms with van der Waals surface area (Å²) in [6.07, 6.45) is 1.03. The van der Waals surface area contributed by atoms with Gasteiger partial charge in [-0.1, -0.05) is 38.8 Å². The van der Waals surface area contributed by atoms with E-state index in [-0.39, 0.29) is 20.7 Å². The van der Waals surface area contributed by atoms with Crippen LogP contribution in [0.1, 0.15) is 27.2 Å². The van der Waals surface area contributed by atoms with Crippen LogP contribution in [-0.4, -0.2) is 27.5 Å². The topological polar surface area (TPSA) is 52.6 Å². The molecule has 0 amide bonds. The Morgan fingerprint density at radius 1 is 0.929 bits per heavy atom. The maximum Gasteiger partial charge on any atom is 0.206 e. The molecule has 0 bridgehead atoms. The van der Waals surface area contributed by atoms with Crippen molar-refractivity contribution in [1.82, 2.24) is 0 Å². The number of benzene rings is 2. The molecule has 2 aromatic rings. The average Bonchev–Trinajstić information content (AvgIpc) is 2.70. The van der Waals surface area contributed by atoms with Gasteiger partial charge in [0.05, 0.1) is 28.0 Å². The van der Waals surface area contributed by atoms with E-state index in [1.165, 1.54) is 12.1 Å². The lowest BCUT2D eigenvalue weighted by molar-refractivity contribution is 0.256. The first-order chi connectivity index (χ1) is 13.3. The third kappa shape index (κ3) is 6.03. The summed E-state index contributed by atoms with van der Waals surface area (Å²) in [5.41, 5.74) is 0. The summed E-state index contributed by atoms with van der Waals surface area (Å²) >= 11 is 12.0. The molecule has 0 spiro atoms. The monoisotopic (exact) mass is 444 g/mol. The highest BCUT2D eigenvalue weighted by molar-refractivity contribution is 7.91. The predicted octanol–water partition coefficient (Wildman–Crippen LogP) is 5.85. The molecule has 0 saturated heterocycles. The first kappa shape index (κ1) is 22.9. The van der Waals surface area contributed by atoms with Gasteiger partial charge in [-0.15, -0.1) is 11.6 Å². The van der Waals surface area contributed by atoms with Crippen LogP contribution in [0.2, 0.25) is 5.02 Å². The minimum Gasteiger partial charge on any atom is -0.493 e. The maximum atomic E-state index is 12.9. The predicted molar refractivity (Wildman–Crippen MR) is 114 cm³/mol. The van der Waals surface area contributed by atoms with E-state index in [0.717, 1.165) is 6.42 Å². The Kier molecular flexibility index (Phi) is 8.47. The number of hydrogen-bond acceptors (Lipinski definition) is 4. The molecule has 2 aromatic carbocycles. The lowest BCUT2D eigenvalue weighted by Gasteiger charge is -2.13. The van der Waals surface area contributed by atoms with E-state index in [1.54, 1.807) is 30.3 Å². The van der Waals surface area contributed by atoms with Crippen LogP contribution in [0.5, 0.6) is 11.5 Å². The second kappa shape index (κ2) is 10.4. The number of hydrogen-bond donors (Lipinski definition) is 0. The van der Waals surface area contributed by atoms with E-state index >= 15 is 0 Å². The quantitative estimate of drug-likeness (QED) is 0.431. The fourth-order valence-corrected chi connectivity index (χ4v) is 3.93. The van der Waals surface area contributed by atoms with Gasteiger partial charge in [-0.05, 0) is 48.4 Å². The van der Waals surface area contributed by atoms with Gasteiger partial charge in [0.1, 0.15) is 11.5 Å². The van der Waals surface area contributed by atoms with E-state index in [0.29, 0.717) is 36.5 Å². The summed E-state index contributed by atoms with van der Waals surface area (Å²) in [5.74, 6) is 2.17. The molecule has 0 aliphatic rings. The molecule has 4 nitrogen and oxygen atoms in total. The lowest BCUT2D eigenvalue weighted by Crippen LogP contribution is -2.10. The molecule has 7 heteroatoms. The first-order valence-electron chi connectivity index (χ1n) is 9.24. The molecule has 0 saturated carbocycles. The Labute approximate surface area is 177 Å². The second-order valence-electron chi connectivity index (χ2n) is 6.96. The fourth-order valence-electron chi connectivity index (χ4n) is 2.25. The van der Waals surface area contributed by atoms with Crippen LogP contribution in [-0.2, 0) is 9.84 Å². The third-order valence-electron chi connectivity index (χ3n) is 4.37. The minimum absolute atomic E-state index is 0.114. The summed E-state index contributed by atoms with van der Waals surface area (Å²) in [5, 5.41) is 0.247. The van der Waals surface area contributed by atoms with Crippen molar-refractivity contribution in [2.24, 2.45) is 11.8 Å². The zero-order valence-electron chi connectivity index (χ0n) is 16.3. The zero-order valence-corrected chi connectivity index (χ0v) is 18.7. The largest absolute Gasteiger partial charge is 0.493 e. The molecular weight excluding hydrogens is 419 g/mol. The number of sulfone groups is 1. The molecular formula is C21H26Cl2O4S. The van der Waals surface area contributed by atoms with Crippen molar-refractivity contribution in [3.63, 3.8) is 0 Å². The van der Waals surface area contributed by atoms with Crippen LogP contribution in [0.3, 0.4) is 0 Å². The van der Waals surface area contributed by atoms with Gasteiger partial charge in [0.15, 0.2) is 0 Å². The van der Waals surface area contributed by atoms with Crippen molar-refractivity contribution >= 4 is 33.0 Å². The van der Waals surface area contributed by atoms with Crippen molar-refractivity contribution in [2.45, 2.75) is 37.0 Å². The summed E-state index contributed by atoms with van der Waals surface area (Å²) < 4.78 is 37.0. The van der Waals surface area contributed by atoms with Crippen LogP contribution in [0.15, 0.2) is 52.3 Å². The molecule has 0 unspecified atom stereocenters. The van der Waals surface area contributed by atoms with Crippen LogP contribution in [0.4, 0.5) is 0 Å². The number of rotatable bonds is 10. The van der Waals surface area contributed by atoms with Crippen LogP contribution in [0.25, 0.3) is 0 Å². The number of halogens is 2. The Morgan fingerprint density at radius 2 is 1.54 bits per heavy atom. The Morgan fingerprint density at radius 3 is 2.11 bits per heavy atom. The third-order valence-corrected chi connectivity index (χ3v) is 6.96. The molecule has 0 radical (unpaired) electrons. The van der Waals surface area contributed by atoms with Crippen molar-refractivity contribution in [3.8, 4) is 11.5 Å². The van der Waals surface area contributed by atoms with E-state index in [2.05, 4.69) is 13.8 Å². The van der Waals surface area contributed by atoms with Gasteiger partial charge in [0.25, 0.3) is 0 Å². The minimum atomic E-state index is -3.68. The maximum absolute atomic E-state index is 12.9. The molecule has 0 fully saturated rings. The van der Waals surface area contributed by atoms with E-state index in [4.69, 9.17) is 32.7 Å². The highest BCUT2D eigenvalue weighted by Gasteiger charge is 2.19. The fraction of sp³-hybridized carbons (Fsp3) is 0.429. The Hall–Kier alpha value is -1.43. The number of ether oxygens (including phenoxy) is 2. The lowest BCUT2D eigenvalue weighted by atomic mass is 10.1. The summed E-state index contributed by atoms with van der Waals surface area (Å²) in [4.78, 5) is 0.299. The second-order valence-corrected chi connectivity index (χ2v) is 9.63. The van der Waals surface area contributed by atoms with Crippen molar-refractivity contribution in [3.05, 3.63) is 47.5 Å². The van der Waals surface area contributed by atoms with Crippen LogP contribution < -0.4 is 9.47 Å². The van der Waals surface area contributed by atoms with Crippen LogP contribution >= 0.6 is 23.2 Å². The molecule has 0 aromatic heterocycles. The van der Waals surface area contributed by atoms with Gasteiger partial charge in [0.2, 0.25) is 9.84 Å². The van der Waals surface area contributed by atoms with E-state index < -0.39 is 9.84 Å². The first-order valence-corrected chi connectivity index (χ1v) is 11.6. The normalized spacial score (nSPS) is 13.8. The summed E-state index contributed by atoms with van der Waals surface area (Å²) in [6, 6.07) is 10.9. The van der Waals surface area contributed by atoms with E-state index in [9.17, 15) is 8.42 Å². The molecule has 2 rings (SSSR count). The highest BCUT2D eigenvalue weighted by Crippen LogP contribution is 2.31. The Bertz CT molecular complexity index is 866. The molecule has 2 atom stereocenters. The van der Waals surface area contributed by atoms with Crippen molar-refractivity contribution < 1.29 is 17.9 Å². The van der Waals surface area contributed by atoms with Gasteiger partial charge in [-0.25, -0.2) is 8.42 Å². The van der Waals surface area contributed by atoms with Gasteiger partial charge >= 0.3 is 0 Å². The zero-order chi connectivity index (χ0) is 20.7. The van der Waals surface area contributed by atoms with E-state index in [1.807, 2.05) is 6.92 Å². The smallest absolute Gasteiger partial charge is 0.206 e. The molecule has 0 N–H and O–H groups in total. The van der Waals surface area contributed by atoms with Crippen molar-refractivity contribution in [1.29, 1.82) is 0 Å². The molecule has 0 aliphatic heterocycles. The SMILES string of the molecule is CC[C@H](C)COc1ccc(S(=O)(=O)c2ccc(OC[C@H](C)CCl)c(Cl)c2)cc1. The van der Waals surface area contributed by atoms with Gasteiger partial charge in [-0.2, -0.15) is 0 Å². The van der Waals surface area contributed by atoms with Gasteiger partial charge < -0.3 is 9.47 Å². The van der Waals surface area contributed by atoms with Crippen LogP contribution in [0, 0.1) is 11.8 Å². The standard InChI is InChI=1S/C21H26Cl2O4S/c1-4-15(2)13-26-17-5-7-18(8-6-17)28(24,25)19-9-10-21(20(23)11-19)27-14-16(3)12-22/h5-11,15-16H,4,12-14H2,1-3H3/t15-,16+/m0/s1.